The minimum atomic E-state index is -0.474. The van der Waals surface area contributed by atoms with Crippen LogP contribution in [0.4, 0.5) is 5.82 Å². The maximum Gasteiger partial charge on any atom is 0.338 e. The summed E-state index contributed by atoms with van der Waals surface area (Å²) in [5.74, 6) is -0.162. The summed E-state index contributed by atoms with van der Waals surface area (Å²) >= 11 is 0. The summed E-state index contributed by atoms with van der Waals surface area (Å²) in [5.41, 5.74) is 10.5. The Morgan fingerprint density at radius 3 is 1.61 bits per heavy atom. The Labute approximate surface area is 402 Å². The molecule has 1 radical (unpaired) electrons. The van der Waals surface area contributed by atoms with E-state index in [-0.39, 0.29) is 68.7 Å². The average molecular weight is 946 g/mol. The SMILES string of the molecule is C=CCC.C=CCC.CC[C@H]1O[C@@H](n2cc(C)c3[c-]ncnc32)[C@H](OC(=O)c2ccccc2)[C@@H]1C.CC[C@H]1O[C@@H](n2cc(C)c3c(N)ncnc32)[C@H](OC(=O)c2ccccc2)[C@@H]1C.[Y]. The number of benzene rings is 2. The van der Waals surface area contributed by atoms with E-state index in [9.17, 15) is 9.59 Å². The van der Waals surface area contributed by atoms with Gasteiger partial charge >= 0.3 is 11.9 Å². The van der Waals surface area contributed by atoms with E-state index in [4.69, 9.17) is 24.7 Å². The minimum Gasteiger partial charge on any atom is -0.454 e. The number of rotatable bonds is 10. The smallest absolute Gasteiger partial charge is 0.338 e. The van der Waals surface area contributed by atoms with Crippen LogP contribution in [-0.2, 0) is 51.7 Å². The first-order valence-electron chi connectivity index (χ1n) is 21.8. The largest absolute Gasteiger partial charge is 0.454 e. The number of fused-ring (bicyclic) bond motifs is 2. The predicted octanol–water partition coefficient (Wildman–Crippen LogP) is 10.4. The normalized spacial score (nSPS) is 22.1. The van der Waals surface area contributed by atoms with Gasteiger partial charge in [0.2, 0.25) is 0 Å². The first kappa shape index (κ1) is 51.6. The van der Waals surface area contributed by atoms with Crippen LogP contribution in [0.25, 0.3) is 22.1 Å². The van der Waals surface area contributed by atoms with Crippen molar-refractivity contribution in [3.05, 3.63) is 139 Å². The Morgan fingerprint density at radius 2 is 1.16 bits per heavy atom. The van der Waals surface area contributed by atoms with Crippen LogP contribution in [-0.4, -0.2) is 65.4 Å². The maximum absolute atomic E-state index is 12.7. The number of nitrogens with zero attached hydrogens (tertiary/aromatic N) is 6. The Hall–Kier alpha value is -5.08. The van der Waals surface area contributed by atoms with E-state index < -0.39 is 24.7 Å². The summed E-state index contributed by atoms with van der Waals surface area (Å²) in [7, 11) is 0. The van der Waals surface area contributed by atoms with Crippen LogP contribution < -0.4 is 5.73 Å². The molecule has 337 valence electrons. The van der Waals surface area contributed by atoms with Crippen LogP contribution in [0.1, 0.15) is 112 Å². The number of ether oxygens (including phenoxy) is 4. The van der Waals surface area contributed by atoms with Gasteiger partial charge in [0.1, 0.15) is 17.8 Å². The quantitative estimate of drug-likeness (QED) is 0.0791. The molecule has 4 aromatic heterocycles. The second kappa shape index (κ2) is 24.8. The zero-order valence-electron chi connectivity index (χ0n) is 38.4. The number of hydrogen-bond acceptors (Lipinski definition) is 11. The molecule has 14 heteroatoms. The number of carbonyl (C=O) groups excluding carboxylic acids is 2. The molecular formula is C50H62N7O6Y-. The summed E-state index contributed by atoms with van der Waals surface area (Å²) in [6.45, 7) is 23.3. The van der Waals surface area contributed by atoms with Crippen molar-refractivity contribution in [2.45, 2.75) is 118 Å². The number of allylic oxidation sites excluding steroid dienone is 2. The van der Waals surface area contributed by atoms with Crippen LogP contribution in [0.2, 0.25) is 0 Å². The fraction of sp³-hybridized carbons (Fsp3) is 0.400. The van der Waals surface area contributed by atoms with Gasteiger partial charge in [-0.05, 0) is 74.8 Å². The van der Waals surface area contributed by atoms with Crippen LogP contribution in [0, 0.1) is 31.9 Å². The second-order valence-electron chi connectivity index (χ2n) is 15.6. The van der Waals surface area contributed by atoms with Gasteiger partial charge in [-0.15, -0.1) is 18.7 Å². The van der Waals surface area contributed by atoms with Crippen molar-refractivity contribution >= 4 is 39.8 Å². The topological polar surface area (TPSA) is 158 Å². The standard InChI is InChI=1S/C21H24N4O3.C21H22N3O3.2C4H8.Y/c1-4-15-13(3)17(28-21(26)14-8-6-5-7-9-14)20(27-15)25-10-12(2)16-18(22)23-11-24-19(16)25;1-4-17-14(3)18(27-21(25)15-8-6-5-7-9-15)20(26-17)24-11-13(2)16-10-22-12-23-19(16)24;2*1-3-4-2;/h5-11,13,15,17,20H,4H2,1-3H3,(H2,22,23,24);5-9,11-12,14,17-18,20H,4H2,1-3H3;2*3H,1,4H2,2H3;/q;-1;;;/t13-,15-,17-,20-;14-,17-,18-,20-;;;/m11.../s1. The molecule has 2 saturated heterocycles. The summed E-state index contributed by atoms with van der Waals surface area (Å²) < 4.78 is 28.3. The molecule has 0 amide bonds. The zero-order valence-corrected chi connectivity index (χ0v) is 41.2. The number of aromatic nitrogens is 6. The summed E-state index contributed by atoms with van der Waals surface area (Å²) in [5, 5.41) is 1.65. The molecule has 64 heavy (non-hydrogen) atoms. The molecule has 0 saturated carbocycles. The van der Waals surface area contributed by atoms with Crippen LogP contribution in [0.5, 0.6) is 0 Å². The van der Waals surface area contributed by atoms with Crippen LogP contribution in [0.15, 0.2) is 111 Å². The van der Waals surface area contributed by atoms with Gasteiger partial charge in [0, 0.05) is 57.1 Å². The molecule has 0 aliphatic carbocycles. The molecule has 0 unspecified atom stereocenters. The van der Waals surface area contributed by atoms with Crippen LogP contribution in [0.3, 0.4) is 0 Å². The molecule has 0 spiro atoms. The number of esters is 2. The molecule has 6 heterocycles. The Kier molecular flexibility index (Phi) is 20.0. The van der Waals surface area contributed by atoms with E-state index in [1.54, 1.807) is 24.3 Å². The van der Waals surface area contributed by atoms with Gasteiger partial charge in [0.25, 0.3) is 0 Å². The van der Waals surface area contributed by atoms with Crippen molar-refractivity contribution in [3.8, 4) is 0 Å². The average Bonchev–Trinajstić information content (AvgIpc) is 4.04. The van der Waals surface area contributed by atoms with E-state index in [2.05, 4.69) is 80.8 Å². The predicted molar refractivity (Wildman–Crippen MR) is 247 cm³/mol. The fourth-order valence-electron chi connectivity index (χ4n) is 7.72. The van der Waals surface area contributed by atoms with Crippen LogP contribution >= 0.6 is 0 Å². The Morgan fingerprint density at radius 1 is 0.719 bits per heavy atom. The number of nitrogen functional groups attached to an aromatic ring is 1. The monoisotopic (exact) mass is 945 g/mol. The Balaban J connectivity index is 0.000000237. The molecule has 2 aliphatic heterocycles. The number of carbonyl (C=O) groups is 2. The third-order valence-electron chi connectivity index (χ3n) is 11.3. The molecule has 2 aromatic carbocycles. The molecule has 2 N–H and O–H groups in total. The number of nitrogens with two attached hydrogens (primary N) is 1. The van der Waals surface area contributed by atoms with E-state index in [0.717, 1.165) is 53.2 Å². The van der Waals surface area contributed by atoms with Crippen molar-refractivity contribution < 1.29 is 61.2 Å². The van der Waals surface area contributed by atoms with Gasteiger partial charge in [0.05, 0.1) is 34.4 Å². The third-order valence-corrected chi connectivity index (χ3v) is 11.3. The third kappa shape index (κ3) is 12.0. The van der Waals surface area contributed by atoms with Gasteiger partial charge in [-0.1, -0.05) is 102 Å². The molecule has 2 aliphatic rings. The van der Waals surface area contributed by atoms with E-state index in [1.807, 2.05) is 83.9 Å². The van der Waals surface area contributed by atoms with Crippen molar-refractivity contribution in [2.24, 2.45) is 11.8 Å². The van der Waals surface area contributed by atoms with Gasteiger partial charge < -0.3 is 43.8 Å². The first-order chi connectivity index (χ1) is 30.4. The molecule has 8 atom stereocenters. The fourth-order valence-corrected chi connectivity index (χ4v) is 7.72. The summed E-state index contributed by atoms with van der Waals surface area (Å²) in [6.07, 6.45) is 15.6. The molecule has 6 aromatic rings. The molecule has 0 bridgehead atoms. The van der Waals surface area contributed by atoms with Crippen molar-refractivity contribution in [3.63, 3.8) is 0 Å². The van der Waals surface area contributed by atoms with Gasteiger partial charge in [-0.25, -0.2) is 19.6 Å². The number of aryl methyl sites for hydroxylation is 2. The summed E-state index contributed by atoms with van der Waals surface area (Å²) in [6, 6.07) is 18.0. The number of hydrogen-bond donors (Lipinski definition) is 1. The first-order valence-corrected chi connectivity index (χ1v) is 21.8. The van der Waals surface area contributed by atoms with Crippen molar-refractivity contribution in [1.82, 2.24) is 29.1 Å². The molecular weight excluding hydrogens is 883 g/mol. The van der Waals surface area contributed by atoms with Gasteiger partial charge in [-0.2, -0.15) is 0 Å². The van der Waals surface area contributed by atoms with E-state index in [1.165, 1.54) is 12.7 Å². The molecule has 2 fully saturated rings. The summed E-state index contributed by atoms with van der Waals surface area (Å²) in [4.78, 5) is 42.3. The second-order valence-corrected chi connectivity index (χ2v) is 15.6. The number of anilines is 1. The molecule has 13 nitrogen and oxygen atoms in total. The Bertz CT molecular complexity index is 2420. The van der Waals surface area contributed by atoms with Crippen molar-refractivity contribution in [1.29, 1.82) is 0 Å². The zero-order chi connectivity index (χ0) is 45.6. The van der Waals surface area contributed by atoms with E-state index in [0.29, 0.717) is 22.6 Å². The van der Waals surface area contributed by atoms with Gasteiger partial charge in [-0.3, -0.25) is 0 Å². The maximum atomic E-state index is 12.7. The molecule has 8 rings (SSSR count). The minimum absolute atomic E-state index is 0. The van der Waals surface area contributed by atoms with Crippen molar-refractivity contribution in [2.75, 3.05) is 5.73 Å². The van der Waals surface area contributed by atoms with E-state index >= 15 is 0 Å². The van der Waals surface area contributed by atoms with Gasteiger partial charge in [0.15, 0.2) is 24.7 Å².